The summed E-state index contributed by atoms with van der Waals surface area (Å²) in [6.07, 6.45) is -4.02. The summed E-state index contributed by atoms with van der Waals surface area (Å²) >= 11 is 0. The first-order chi connectivity index (χ1) is 8.65. The summed E-state index contributed by atoms with van der Waals surface area (Å²) in [5.74, 6) is -1.16. The van der Waals surface area contributed by atoms with Gasteiger partial charge in [0.05, 0.1) is 20.2 Å². The maximum atomic E-state index is 11.9. The Labute approximate surface area is 109 Å². The largest absolute Gasteiger partial charge is 0.467 e. The average Bonchev–Trinajstić information content (AvgIpc) is 2.24. The quantitative estimate of drug-likeness (QED) is 0.680. The van der Waals surface area contributed by atoms with Crippen molar-refractivity contribution in [3.8, 4) is 0 Å². The first-order valence-electron chi connectivity index (χ1n) is 5.80. The second kappa shape index (κ2) is 7.98. The third-order valence-electron chi connectivity index (χ3n) is 2.14. The van der Waals surface area contributed by atoms with E-state index in [1.54, 1.807) is 0 Å². The van der Waals surface area contributed by atoms with Gasteiger partial charge in [0.15, 0.2) is 0 Å². The maximum absolute atomic E-state index is 11.9. The van der Waals surface area contributed by atoms with Gasteiger partial charge < -0.3 is 15.4 Å². The summed E-state index contributed by atoms with van der Waals surface area (Å²) in [4.78, 5) is 22.8. The number of methoxy groups -OCH3 is 1. The molecule has 19 heavy (non-hydrogen) atoms. The van der Waals surface area contributed by atoms with Gasteiger partial charge in [0.1, 0.15) is 6.04 Å². The second-order valence-corrected chi connectivity index (χ2v) is 4.49. The average molecular weight is 284 g/mol. The van der Waals surface area contributed by atoms with E-state index in [2.05, 4.69) is 10.1 Å². The van der Waals surface area contributed by atoms with E-state index >= 15 is 0 Å². The zero-order valence-corrected chi connectivity index (χ0v) is 11.1. The number of hydrogen-bond acceptors (Lipinski definition) is 4. The Balaban J connectivity index is 4.20. The van der Waals surface area contributed by atoms with E-state index in [0.717, 1.165) is 0 Å². The molecule has 0 fully saturated rings. The molecule has 0 bridgehead atoms. The molecule has 5 nitrogen and oxygen atoms in total. The Hall–Kier alpha value is -1.31. The lowest BCUT2D eigenvalue weighted by molar-refractivity contribution is -0.145. The van der Waals surface area contributed by atoms with Gasteiger partial charge in [0.2, 0.25) is 5.91 Å². The van der Waals surface area contributed by atoms with Gasteiger partial charge in [-0.3, -0.25) is 4.79 Å². The van der Waals surface area contributed by atoms with Crippen LogP contribution in [0.1, 0.15) is 20.3 Å². The standard InChI is InChI=1S/C11H19F3N2O3/c1-7(2)4-8(10(18)19-3)16-9(17)5-15-6-11(12,13)14/h7-8,15H,4-6H2,1-3H3,(H,16,17)/t8-/m0/s1. The highest BCUT2D eigenvalue weighted by Gasteiger charge is 2.27. The summed E-state index contributed by atoms with van der Waals surface area (Å²) in [7, 11) is 1.18. The fourth-order valence-corrected chi connectivity index (χ4v) is 1.39. The summed E-state index contributed by atoms with van der Waals surface area (Å²) in [5.41, 5.74) is 0. The molecule has 2 N–H and O–H groups in total. The SMILES string of the molecule is COC(=O)[C@H](CC(C)C)NC(=O)CNCC(F)(F)F. The third-order valence-corrected chi connectivity index (χ3v) is 2.14. The fraction of sp³-hybridized carbons (Fsp3) is 0.818. The number of amides is 1. The van der Waals surface area contributed by atoms with E-state index in [9.17, 15) is 22.8 Å². The van der Waals surface area contributed by atoms with Gasteiger partial charge in [0.25, 0.3) is 0 Å². The number of rotatable bonds is 7. The lowest BCUT2D eigenvalue weighted by Gasteiger charge is -2.18. The zero-order valence-electron chi connectivity index (χ0n) is 11.1. The van der Waals surface area contributed by atoms with Gasteiger partial charge in [0, 0.05) is 0 Å². The van der Waals surface area contributed by atoms with E-state index < -0.39 is 37.2 Å². The topological polar surface area (TPSA) is 67.4 Å². The van der Waals surface area contributed by atoms with Gasteiger partial charge in [-0.05, 0) is 12.3 Å². The van der Waals surface area contributed by atoms with Crippen LogP contribution in [0.4, 0.5) is 13.2 Å². The minimum Gasteiger partial charge on any atom is -0.467 e. The Morgan fingerprint density at radius 2 is 1.84 bits per heavy atom. The molecule has 1 amide bonds. The molecule has 1 atom stereocenters. The van der Waals surface area contributed by atoms with E-state index in [4.69, 9.17) is 0 Å². The number of halogens is 3. The van der Waals surface area contributed by atoms with Crippen molar-refractivity contribution < 1.29 is 27.5 Å². The van der Waals surface area contributed by atoms with Crippen LogP contribution in [0.5, 0.6) is 0 Å². The van der Waals surface area contributed by atoms with Crippen LogP contribution in [0.2, 0.25) is 0 Å². The maximum Gasteiger partial charge on any atom is 0.401 e. The summed E-state index contributed by atoms with van der Waals surface area (Å²) < 4.78 is 40.1. The van der Waals surface area contributed by atoms with Crippen molar-refractivity contribution >= 4 is 11.9 Å². The predicted molar refractivity (Wildman–Crippen MR) is 62.3 cm³/mol. The van der Waals surface area contributed by atoms with E-state index in [-0.39, 0.29) is 5.92 Å². The minimum absolute atomic E-state index is 0.132. The van der Waals surface area contributed by atoms with Crippen LogP contribution in [0.3, 0.4) is 0 Å². The van der Waals surface area contributed by atoms with Crippen molar-refractivity contribution in [1.82, 2.24) is 10.6 Å². The van der Waals surface area contributed by atoms with E-state index in [0.29, 0.717) is 6.42 Å². The molecule has 0 aliphatic rings. The number of carbonyl (C=O) groups excluding carboxylic acids is 2. The molecule has 0 rings (SSSR count). The predicted octanol–water partition coefficient (Wildman–Crippen LogP) is 0.842. The lowest BCUT2D eigenvalue weighted by atomic mass is 10.0. The van der Waals surface area contributed by atoms with Gasteiger partial charge in [-0.1, -0.05) is 13.8 Å². The van der Waals surface area contributed by atoms with Crippen LogP contribution >= 0.6 is 0 Å². The Morgan fingerprint density at radius 1 is 1.26 bits per heavy atom. The van der Waals surface area contributed by atoms with Gasteiger partial charge in [-0.15, -0.1) is 0 Å². The lowest BCUT2D eigenvalue weighted by Crippen LogP contribution is -2.46. The van der Waals surface area contributed by atoms with Crippen molar-refractivity contribution in [2.24, 2.45) is 5.92 Å². The third kappa shape index (κ3) is 9.29. The molecule has 0 radical (unpaired) electrons. The number of esters is 1. The smallest absolute Gasteiger partial charge is 0.401 e. The van der Waals surface area contributed by atoms with Crippen molar-refractivity contribution in [1.29, 1.82) is 0 Å². The van der Waals surface area contributed by atoms with Gasteiger partial charge in [-0.25, -0.2) is 4.79 Å². The second-order valence-electron chi connectivity index (χ2n) is 4.49. The molecule has 0 spiro atoms. The van der Waals surface area contributed by atoms with Crippen molar-refractivity contribution in [2.45, 2.75) is 32.5 Å². The van der Waals surface area contributed by atoms with Crippen LogP contribution in [-0.4, -0.2) is 44.3 Å². The molecular formula is C11H19F3N2O3. The summed E-state index contributed by atoms with van der Waals surface area (Å²) in [6, 6.07) is -0.842. The first kappa shape index (κ1) is 17.7. The normalized spacial score (nSPS) is 13.2. The Morgan fingerprint density at radius 3 is 2.26 bits per heavy atom. The highest BCUT2D eigenvalue weighted by molar-refractivity contribution is 5.85. The molecule has 0 heterocycles. The van der Waals surface area contributed by atoms with Crippen LogP contribution in [-0.2, 0) is 14.3 Å². The Bertz CT molecular complexity index is 306. The molecular weight excluding hydrogens is 265 g/mol. The van der Waals surface area contributed by atoms with Crippen LogP contribution < -0.4 is 10.6 Å². The molecule has 0 aromatic heterocycles. The number of alkyl halides is 3. The summed E-state index contributed by atoms with van der Waals surface area (Å²) in [6.45, 7) is 1.94. The summed E-state index contributed by atoms with van der Waals surface area (Å²) in [5, 5.41) is 4.29. The fourth-order valence-electron chi connectivity index (χ4n) is 1.39. The van der Waals surface area contributed by atoms with Crippen molar-refractivity contribution in [3.05, 3.63) is 0 Å². The van der Waals surface area contributed by atoms with Gasteiger partial charge in [-0.2, -0.15) is 13.2 Å². The molecule has 0 aromatic carbocycles. The molecule has 8 heteroatoms. The molecule has 112 valence electrons. The monoisotopic (exact) mass is 284 g/mol. The Kier molecular flexibility index (Phi) is 7.43. The number of hydrogen-bond donors (Lipinski definition) is 2. The minimum atomic E-state index is -4.38. The van der Waals surface area contributed by atoms with E-state index in [1.807, 2.05) is 19.2 Å². The van der Waals surface area contributed by atoms with Crippen LogP contribution in [0, 0.1) is 5.92 Å². The highest BCUT2D eigenvalue weighted by atomic mass is 19.4. The molecule has 0 saturated heterocycles. The highest BCUT2D eigenvalue weighted by Crippen LogP contribution is 2.11. The van der Waals surface area contributed by atoms with Crippen LogP contribution in [0.25, 0.3) is 0 Å². The van der Waals surface area contributed by atoms with Gasteiger partial charge >= 0.3 is 12.1 Å². The van der Waals surface area contributed by atoms with Crippen molar-refractivity contribution in [3.63, 3.8) is 0 Å². The molecule has 0 saturated carbocycles. The molecule has 0 aliphatic carbocycles. The zero-order chi connectivity index (χ0) is 15.1. The first-order valence-corrected chi connectivity index (χ1v) is 5.80. The molecule has 0 aliphatic heterocycles. The van der Waals surface area contributed by atoms with E-state index in [1.165, 1.54) is 7.11 Å². The van der Waals surface area contributed by atoms with Crippen LogP contribution in [0.15, 0.2) is 0 Å². The molecule has 0 unspecified atom stereocenters. The number of ether oxygens (including phenoxy) is 1. The van der Waals surface area contributed by atoms with Crippen molar-refractivity contribution in [2.75, 3.05) is 20.2 Å². The molecule has 0 aromatic rings. The number of carbonyl (C=O) groups is 2. The number of nitrogens with one attached hydrogen (secondary N) is 2.